The van der Waals surface area contributed by atoms with Crippen molar-refractivity contribution in [2.24, 2.45) is 0 Å². The molecule has 1 aromatic heterocycles. The van der Waals surface area contributed by atoms with Gasteiger partial charge in [-0.3, -0.25) is 4.79 Å². The molecule has 0 saturated carbocycles. The summed E-state index contributed by atoms with van der Waals surface area (Å²) < 4.78 is 11.1. The smallest absolute Gasteiger partial charge is 0.259 e. The molecule has 0 amide bonds. The highest BCUT2D eigenvalue weighted by Crippen LogP contribution is 2.30. The number of terminal acetylenes is 1. The minimum Gasteiger partial charge on any atom is -0.490 e. The third kappa shape index (κ3) is 4.48. The number of hydrogen-bond donors (Lipinski definition) is 1. The van der Waals surface area contributed by atoms with Crippen molar-refractivity contribution >= 4 is 45.2 Å². The Bertz CT molecular complexity index is 1150. The number of rotatable bonds is 6. The van der Waals surface area contributed by atoms with E-state index >= 15 is 0 Å². The van der Waals surface area contributed by atoms with Crippen LogP contribution in [-0.2, 0) is 0 Å². The molecule has 2 aromatic carbocycles. The molecule has 1 heterocycles. The fourth-order valence-electron chi connectivity index (χ4n) is 2.56. The minimum atomic E-state index is -0.318. The zero-order chi connectivity index (χ0) is 20.1. The zero-order valence-corrected chi connectivity index (χ0v) is 16.5. The van der Waals surface area contributed by atoms with Gasteiger partial charge in [-0.15, -0.1) is 6.42 Å². The summed E-state index contributed by atoms with van der Waals surface area (Å²) in [7, 11) is 0. The van der Waals surface area contributed by atoms with Crippen molar-refractivity contribution in [2.45, 2.75) is 6.92 Å². The van der Waals surface area contributed by atoms with E-state index in [2.05, 4.69) is 15.9 Å². The van der Waals surface area contributed by atoms with Crippen molar-refractivity contribution < 1.29 is 9.47 Å². The van der Waals surface area contributed by atoms with Crippen LogP contribution in [0.5, 0.6) is 11.5 Å². The van der Waals surface area contributed by atoms with E-state index in [9.17, 15) is 4.79 Å². The van der Waals surface area contributed by atoms with Gasteiger partial charge in [0, 0.05) is 5.02 Å². The van der Waals surface area contributed by atoms with Crippen LogP contribution in [0.15, 0.2) is 41.2 Å². The largest absolute Gasteiger partial charge is 0.490 e. The lowest BCUT2D eigenvalue weighted by molar-refractivity contribution is 0.299. The van der Waals surface area contributed by atoms with Crippen LogP contribution < -0.4 is 15.0 Å². The molecule has 0 aliphatic heterocycles. The second-order valence-corrected chi connectivity index (χ2v) is 6.54. The van der Waals surface area contributed by atoms with Crippen LogP contribution in [0, 0.1) is 12.3 Å². The van der Waals surface area contributed by atoms with Crippen molar-refractivity contribution in [2.75, 3.05) is 13.2 Å². The average molecular weight is 415 g/mol. The lowest BCUT2D eigenvalue weighted by atomic mass is 10.2. The van der Waals surface area contributed by atoms with Gasteiger partial charge in [0.1, 0.15) is 6.61 Å². The minimum absolute atomic E-state index is 0.141. The van der Waals surface area contributed by atoms with Crippen molar-refractivity contribution in [1.82, 2.24) is 9.97 Å². The van der Waals surface area contributed by atoms with Crippen molar-refractivity contribution in [3.63, 3.8) is 0 Å². The molecular weight excluding hydrogens is 399 g/mol. The molecule has 142 valence electrons. The first kappa shape index (κ1) is 19.8. The number of halogens is 2. The summed E-state index contributed by atoms with van der Waals surface area (Å²) in [6.07, 6.45) is 6.91. The molecule has 3 rings (SSSR count). The normalized spacial score (nSPS) is 11.3. The molecule has 3 aromatic rings. The average Bonchev–Trinajstić information content (AvgIpc) is 2.68. The highest BCUT2D eigenvalue weighted by Gasteiger charge is 2.09. The maximum atomic E-state index is 12.3. The molecule has 0 fully saturated rings. The van der Waals surface area contributed by atoms with E-state index in [1.54, 1.807) is 42.5 Å². The van der Waals surface area contributed by atoms with Gasteiger partial charge in [0.05, 0.1) is 22.5 Å². The second-order valence-electron chi connectivity index (χ2n) is 5.70. The van der Waals surface area contributed by atoms with Crippen LogP contribution in [0.25, 0.3) is 22.0 Å². The SMILES string of the molecule is C#CCOc1ccc(/C=C(\Cl)c2nc3ccc(Cl)cc3c(=O)[nH]2)cc1OCC. The van der Waals surface area contributed by atoms with Gasteiger partial charge in [-0.2, -0.15) is 0 Å². The molecule has 1 N–H and O–H groups in total. The maximum Gasteiger partial charge on any atom is 0.259 e. The highest BCUT2D eigenvalue weighted by atomic mass is 35.5. The Hall–Kier alpha value is -2.94. The van der Waals surface area contributed by atoms with Gasteiger partial charge in [0.15, 0.2) is 17.3 Å². The molecule has 0 atom stereocenters. The molecule has 0 bridgehead atoms. The van der Waals surface area contributed by atoms with Crippen molar-refractivity contribution in [1.29, 1.82) is 0 Å². The van der Waals surface area contributed by atoms with E-state index in [0.717, 1.165) is 5.56 Å². The van der Waals surface area contributed by atoms with E-state index in [-0.39, 0.29) is 23.0 Å². The summed E-state index contributed by atoms with van der Waals surface area (Å²) in [4.78, 5) is 19.4. The van der Waals surface area contributed by atoms with Crippen LogP contribution in [0.3, 0.4) is 0 Å². The van der Waals surface area contributed by atoms with E-state index < -0.39 is 0 Å². The van der Waals surface area contributed by atoms with Crippen LogP contribution in [0.1, 0.15) is 18.3 Å². The number of nitrogens with one attached hydrogen (secondary N) is 1. The summed E-state index contributed by atoms with van der Waals surface area (Å²) in [5.74, 6) is 3.76. The monoisotopic (exact) mass is 414 g/mol. The fourth-order valence-corrected chi connectivity index (χ4v) is 2.95. The third-order valence-electron chi connectivity index (χ3n) is 3.77. The predicted octanol–water partition coefficient (Wildman–Crippen LogP) is 4.72. The first-order chi connectivity index (χ1) is 13.5. The lowest BCUT2D eigenvalue weighted by Crippen LogP contribution is -2.10. The maximum absolute atomic E-state index is 12.3. The van der Waals surface area contributed by atoms with Crippen molar-refractivity contribution in [3.8, 4) is 23.8 Å². The molecular formula is C21H16Cl2N2O3. The molecule has 0 saturated heterocycles. The summed E-state index contributed by atoms with van der Waals surface area (Å²) in [5, 5.41) is 1.13. The predicted molar refractivity (Wildman–Crippen MR) is 113 cm³/mol. The standard InChI is InChI=1S/C21H16Cl2N2O3/c1-3-9-28-18-8-5-13(11-19(18)27-4-2)10-16(23)20-24-17-7-6-14(22)12-15(17)21(26)25-20/h1,5-8,10-12H,4,9H2,2H3,(H,24,25,26)/b16-10-. The van der Waals surface area contributed by atoms with Crippen LogP contribution in [-0.4, -0.2) is 23.2 Å². The molecule has 0 unspecified atom stereocenters. The van der Waals surface area contributed by atoms with Gasteiger partial charge in [-0.25, -0.2) is 4.98 Å². The Balaban J connectivity index is 1.98. The summed E-state index contributed by atoms with van der Waals surface area (Å²) in [5.41, 5.74) is 0.935. The number of nitrogens with zero attached hydrogens (tertiary/aromatic N) is 1. The first-order valence-corrected chi connectivity index (χ1v) is 9.17. The number of aromatic nitrogens is 2. The molecule has 5 nitrogen and oxygen atoms in total. The summed E-state index contributed by atoms with van der Waals surface area (Å²) in [6, 6.07) is 10.2. The lowest BCUT2D eigenvalue weighted by Gasteiger charge is -2.11. The fraction of sp³-hybridized carbons (Fsp3) is 0.143. The summed E-state index contributed by atoms with van der Waals surface area (Å²) >= 11 is 12.3. The van der Waals surface area contributed by atoms with E-state index in [0.29, 0.717) is 34.0 Å². The van der Waals surface area contributed by atoms with Crippen LogP contribution in [0.4, 0.5) is 0 Å². The number of fused-ring (bicyclic) bond motifs is 1. The van der Waals surface area contributed by atoms with Gasteiger partial charge in [-0.1, -0.05) is 35.2 Å². The molecule has 0 radical (unpaired) electrons. The Morgan fingerprint density at radius 3 is 2.82 bits per heavy atom. The summed E-state index contributed by atoms with van der Waals surface area (Å²) in [6.45, 7) is 2.48. The molecule has 0 aliphatic carbocycles. The van der Waals surface area contributed by atoms with Crippen LogP contribution in [0.2, 0.25) is 5.02 Å². The number of aromatic amines is 1. The molecule has 0 aliphatic rings. The Labute approximate surface area is 171 Å². The van der Waals surface area contributed by atoms with Gasteiger partial charge in [0.25, 0.3) is 5.56 Å². The second kappa shape index (κ2) is 8.83. The van der Waals surface area contributed by atoms with Crippen molar-refractivity contribution in [3.05, 3.63) is 63.2 Å². The van der Waals surface area contributed by atoms with Gasteiger partial charge >= 0.3 is 0 Å². The van der Waals surface area contributed by atoms with E-state index in [4.69, 9.17) is 39.1 Å². The van der Waals surface area contributed by atoms with Gasteiger partial charge in [-0.05, 0) is 48.9 Å². The Morgan fingerprint density at radius 2 is 2.07 bits per heavy atom. The molecule has 28 heavy (non-hydrogen) atoms. The van der Waals surface area contributed by atoms with Gasteiger partial charge in [0.2, 0.25) is 0 Å². The van der Waals surface area contributed by atoms with E-state index in [1.165, 1.54) is 0 Å². The van der Waals surface area contributed by atoms with Gasteiger partial charge < -0.3 is 14.5 Å². The quantitative estimate of drug-likeness (QED) is 0.592. The highest BCUT2D eigenvalue weighted by molar-refractivity contribution is 6.50. The number of H-pyrrole nitrogens is 1. The molecule has 0 spiro atoms. The topological polar surface area (TPSA) is 64.2 Å². The molecule has 7 heteroatoms. The third-order valence-corrected chi connectivity index (χ3v) is 4.29. The van der Waals surface area contributed by atoms with Crippen LogP contribution >= 0.6 is 23.2 Å². The number of benzene rings is 2. The van der Waals surface area contributed by atoms with E-state index in [1.807, 2.05) is 6.92 Å². The Morgan fingerprint density at radius 1 is 1.25 bits per heavy atom. The first-order valence-electron chi connectivity index (χ1n) is 8.42. The number of ether oxygens (including phenoxy) is 2. The Kier molecular flexibility index (Phi) is 6.25. The zero-order valence-electron chi connectivity index (χ0n) is 15.0. The number of hydrogen-bond acceptors (Lipinski definition) is 4.